The van der Waals surface area contributed by atoms with Gasteiger partial charge in [-0.1, -0.05) is 6.58 Å². The number of aliphatic imine (C=N–C) groups is 1. The Morgan fingerprint density at radius 1 is 1.52 bits per heavy atom. The van der Waals surface area contributed by atoms with Crippen molar-refractivity contribution in [3.63, 3.8) is 0 Å². The van der Waals surface area contributed by atoms with E-state index >= 15 is 0 Å². The quantitative estimate of drug-likeness (QED) is 0.303. The van der Waals surface area contributed by atoms with Gasteiger partial charge in [0.2, 0.25) is 0 Å². The largest absolute Gasteiger partial charge is 0.434 e. The maximum atomic E-state index is 10.8. The molecule has 21 heavy (non-hydrogen) atoms. The molecule has 0 aliphatic rings. The molecule has 0 aliphatic heterocycles. The van der Waals surface area contributed by atoms with E-state index in [1.54, 1.807) is 24.3 Å². The minimum Gasteiger partial charge on any atom is -0.434 e. The van der Waals surface area contributed by atoms with Gasteiger partial charge in [-0.15, -0.1) is 0 Å². The SMILES string of the molecule is C=CN=C(Oc1ccc(N)cc1)c1ncc([N+](=O)[O-])n1C. The van der Waals surface area contributed by atoms with Gasteiger partial charge in [0.05, 0.1) is 7.05 Å². The summed E-state index contributed by atoms with van der Waals surface area (Å²) < 4.78 is 6.86. The number of benzene rings is 1. The Morgan fingerprint density at radius 2 is 2.19 bits per heavy atom. The third-order valence-corrected chi connectivity index (χ3v) is 2.65. The number of ether oxygens (including phenoxy) is 1. The molecule has 108 valence electrons. The van der Waals surface area contributed by atoms with Crippen LogP contribution in [0.3, 0.4) is 0 Å². The van der Waals surface area contributed by atoms with Crippen LogP contribution in [0.2, 0.25) is 0 Å². The Balaban J connectivity index is 2.36. The molecule has 2 N–H and O–H groups in total. The smallest absolute Gasteiger partial charge is 0.343 e. The maximum Gasteiger partial charge on any atom is 0.343 e. The predicted molar refractivity (Wildman–Crippen MR) is 78.1 cm³/mol. The van der Waals surface area contributed by atoms with Crippen LogP contribution in [-0.4, -0.2) is 20.4 Å². The number of anilines is 1. The summed E-state index contributed by atoms with van der Waals surface area (Å²) in [5.41, 5.74) is 6.19. The highest BCUT2D eigenvalue weighted by molar-refractivity contribution is 5.93. The van der Waals surface area contributed by atoms with E-state index in [0.29, 0.717) is 11.4 Å². The minimum atomic E-state index is -0.536. The third-order valence-electron chi connectivity index (χ3n) is 2.65. The number of aromatic nitrogens is 2. The van der Waals surface area contributed by atoms with E-state index in [1.807, 2.05) is 0 Å². The number of nitrogens with two attached hydrogens (primary N) is 1. The zero-order valence-corrected chi connectivity index (χ0v) is 11.3. The highest BCUT2D eigenvalue weighted by atomic mass is 16.6. The molecule has 1 aromatic heterocycles. The van der Waals surface area contributed by atoms with Crippen LogP contribution in [0.5, 0.6) is 5.75 Å². The lowest BCUT2D eigenvalue weighted by atomic mass is 10.3. The summed E-state index contributed by atoms with van der Waals surface area (Å²) in [7, 11) is 1.51. The topological polar surface area (TPSA) is 109 Å². The molecule has 0 radical (unpaired) electrons. The van der Waals surface area contributed by atoms with Crippen molar-refractivity contribution >= 4 is 17.4 Å². The number of nitro groups is 1. The number of nitrogen functional groups attached to an aromatic ring is 1. The van der Waals surface area contributed by atoms with Crippen LogP contribution in [-0.2, 0) is 7.05 Å². The molecule has 0 aliphatic carbocycles. The molecule has 8 heteroatoms. The summed E-state index contributed by atoms with van der Waals surface area (Å²) >= 11 is 0. The molecule has 0 atom stereocenters. The second-order valence-electron chi connectivity index (χ2n) is 4.04. The number of rotatable bonds is 4. The molecule has 8 nitrogen and oxygen atoms in total. The molecule has 0 bridgehead atoms. The van der Waals surface area contributed by atoms with Crippen LogP contribution >= 0.6 is 0 Å². The monoisotopic (exact) mass is 287 g/mol. The highest BCUT2D eigenvalue weighted by Gasteiger charge is 2.22. The molecular formula is C13H13N5O3. The first kappa shape index (κ1) is 14.3. The highest BCUT2D eigenvalue weighted by Crippen LogP contribution is 2.17. The Bertz CT molecular complexity index is 703. The Labute approximate surface area is 120 Å². The van der Waals surface area contributed by atoms with Crippen molar-refractivity contribution in [2.45, 2.75) is 0 Å². The van der Waals surface area contributed by atoms with Crippen molar-refractivity contribution in [1.82, 2.24) is 9.55 Å². The zero-order chi connectivity index (χ0) is 15.4. The lowest BCUT2D eigenvalue weighted by molar-refractivity contribution is -0.391. The Morgan fingerprint density at radius 3 is 2.71 bits per heavy atom. The van der Waals surface area contributed by atoms with Gasteiger partial charge in [-0.25, -0.2) is 14.5 Å². The number of imidazole rings is 1. The van der Waals surface area contributed by atoms with E-state index in [1.165, 1.54) is 17.8 Å². The lowest BCUT2D eigenvalue weighted by Crippen LogP contribution is -2.16. The van der Waals surface area contributed by atoms with E-state index in [9.17, 15) is 10.1 Å². The molecule has 0 amide bonds. The second kappa shape index (κ2) is 5.87. The van der Waals surface area contributed by atoms with Crippen LogP contribution in [0.15, 0.2) is 48.2 Å². The number of nitrogens with zero attached hydrogens (tertiary/aromatic N) is 4. The fraction of sp³-hybridized carbons (Fsp3) is 0.0769. The van der Waals surface area contributed by atoms with Gasteiger partial charge in [-0.05, 0) is 29.2 Å². The van der Waals surface area contributed by atoms with Crippen LogP contribution < -0.4 is 10.5 Å². The van der Waals surface area contributed by atoms with Crippen LogP contribution in [0.25, 0.3) is 0 Å². The number of hydrogen-bond donors (Lipinski definition) is 1. The van der Waals surface area contributed by atoms with Gasteiger partial charge in [-0.2, -0.15) is 0 Å². The Hall–Kier alpha value is -3.16. The van der Waals surface area contributed by atoms with Crippen molar-refractivity contribution in [3.05, 3.63) is 59.2 Å². The average Bonchev–Trinajstić information content (AvgIpc) is 2.82. The summed E-state index contributed by atoms with van der Waals surface area (Å²) in [6.07, 6.45) is 2.41. The molecule has 1 aromatic carbocycles. The van der Waals surface area contributed by atoms with Gasteiger partial charge < -0.3 is 20.6 Å². The first-order valence-electron chi connectivity index (χ1n) is 5.91. The molecule has 0 fully saturated rings. The molecule has 0 spiro atoms. The first-order chi connectivity index (χ1) is 10.0. The summed E-state index contributed by atoms with van der Waals surface area (Å²) in [4.78, 5) is 18.2. The second-order valence-corrected chi connectivity index (χ2v) is 4.04. The maximum absolute atomic E-state index is 10.8. The van der Waals surface area contributed by atoms with E-state index in [4.69, 9.17) is 10.5 Å². The van der Waals surface area contributed by atoms with Crippen molar-refractivity contribution in [3.8, 4) is 5.75 Å². The fourth-order valence-electron chi connectivity index (χ4n) is 1.63. The fourth-order valence-corrected chi connectivity index (χ4v) is 1.63. The van der Waals surface area contributed by atoms with E-state index in [-0.39, 0.29) is 17.5 Å². The standard InChI is InChI=1S/C13H13N5O3/c1-3-15-13(21-10-6-4-9(14)5-7-10)12-16-8-11(17(12)2)18(19)20/h3-8H,1,14H2,2H3. The van der Waals surface area contributed by atoms with Crippen LogP contribution in [0, 0.1) is 10.1 Å². The summed E-state index contributed by atoms with van der Waals surface area (Å²) in [6, 6.07) is 6.65. The molecule has 0 saturated carbocycles. The zero-order valence-electron chi connectivity index (χ0n) is 11.3. The lowest BCUT2D eigenvalue weighted by Gasteiger charge is -2.06. The van der Waals surface area contributed by atoms with Crippen LogP contribution in [0.1, 0.15) is 5.82 Å². The predicted octanol–water partition coefficient (Wildman–Crippen LogP) is 1.88. The van der Waals surface area contributed by atoms with Crippen LogP contribution in [0.4, 0.5) is 11.5 Å². The van der Waals surface area contributed by atoms with Gasteiger partial charge >= 0.3 is 5.82 Å². The van der Waals surface area contributed by atoms with Gasteiger partial charge in [0.15, 0.2) is 0 Å². The number of hydrogen-bond acceptors (Lipinski definition) is 6. The van der Waals surface area contributed by atoms with Crippen molar-refractivity contribution in [1.29, 1.82) is 0 Å². The third kappa shape index (κ3) is 3.06. The van der Waals surface area contributed by atoms with Gasteiger partial charge in [0.1, 0.15) is 11.9 Å². The molecule has 2 aromatic rings. The van der Waals surface area contributed by atoms with E-state index < -0.39 is 4.92 Å². The summed E-state index contributed by atoms with van der Waals surface area (Å²) in [5, 5.41) is 10.8. The van der Waals surface area contributed by atoms with Crippen molar-refractivity contribution < 1.29 is 9.66 Å². The van der Waals surface area contributed by atoms with Crippen molar-refractivity contribution in [2.24, 2.45) is 12.0 Å². The molecular weight excluding hydrogens is 274 g/mol. The Kier molecular flexibility index (Phi) is 3.98. The first-order valence-corrected chi connectivity index (χ1v) is 5.91. The summed E-state index contributed by atoms with van der Waals surface area (Å²) in [5.74, 6) is 0.641. The van der Waals surface area contributed by atoms with E-state index in [0.717, 1.165) is 6.20 Å². The normalized spacial score (nSPS) is 11.2. The van der Waals surface area contributed by atoms with Crippen molar-refractivity contribution in [2.75, 3.05) is 5.73 Å². The average molecular weight is 287 g/mol. The molecule has 0 saturated heterocycles. The van der Waals surface area contributed by atoms with E-state index in [2.05, 4.69) is 16.6 Å². The summed E-state index contributed by atoms with van der Waals surface area (Å²) in [6.45, 7) is 3.49. The molecule has 2 rings (SSSR count). The van der Waals surface area contributed by atoms with Gasteiger partial charge in [0, 0.05) is 11.9 Å². The molecule has 0 unspecified atom stereocenters. The minimum absolute atomic E-state index is 0.102. The molecule has 1 heterocycles. The van der Waals surface area contributed by atoms with Gasteiger partial charge in [-0.3, -0.25) is 0 Å². The van der Waals surface area contributed by atoms with Gasteiger partial charge in [0.25, 0.3) is 11.7 Å².